The molecule has 1 aliphatic heterocycles. The summed E-state index contributed by atoms with van der Waals surface area (Å²) in [5, 5.41) is 14.6. The summed E-state index contributed by atoms with van der Waals surface area (Å²) in [6.45, 7) is 6.82. The predicted molar refractivity (Wildman–Crippen MR) is 111 cm³/mol. The van der Waals surface area contributed by atoms with Crippen molar-refractivity contribution in [3.05, 3.63) is 29.0 Å². The Kier molecular flexibility index (Phi) is 5.63. The molecule has 1 amide bonds. The Hall–Kier alpha value is -2.01. The summed E-state index contributed by atoms with van der Waals surface area (Å²) in [4.78, 5) is 15.5. The Bertz CT molecular complexity index is 851. The molecule has 5 nitrogen and oxygen atoms in total. The lowest BCUT2D eigenvalue weighted by atomic mass is 9.94. The van der Waals surface area contributed by atoms with Crippen LogP contribution < -0.4 is 5.32 Å². The molecule has 28 heavy (non-hydrogen) atoms. The minimum Gasteiger partial charge on any atom is -0.508 e. The molecule has 2 aromatic rings. The van der Waals surface area contributed by atoms with Crippen molar-refractivity contribution in [2.75, 3.05) is 13.1 Å². The van der Waals surface area contributed by atoms with E-state index in [0.29, 0.717) is 29.4 Å². The molecule has 1 saturated carbocycles. The third-order valence-electron chi connectivity index (χ3n) is 6.41. The van der Waals surface area contributed by atoms with Crippen molar-refractivity contribution in [1.29, 1.82) is 0 Å². The average Bonchev–Trinajstić information content (AvgIpc) is 3.01. The molecule has 0 radical (unpaired) electrons. The summed E-state index contributed by atoms with van der Waals surface area (Å²) in [6, 6.07) is 3.71. The second-order valence-corrected chi connectivity index (χ2v) is 8.76. The Morgan fingerprint density at radius 3 is 2.75 bits per heavy atom. The van der Waals surface area contributed by atoms with Gasteiger partial charge in [-0.25, -0.2) is 0 Å². The van der Waals surface area contributed by atoms with Gasteiger partial charge in [-0.1, -0.05) is 26.2 Å². The van der Waals surface area contributed by atoms with E-state index in [4.69, 9.17) is 4.42 Å². The molecule has 0 spiro atoms. The number of phenols is 1. The summed E-state index contributed by atoms with van der Waals surface area (Å²) in [7, 11) is 0. The predicted octanol–water partition coefficient (Wildman–Crippen LogP) is 4.74. The maximum atomic E-state index is 13.2. The third-order valence-corrected chi connectivity index (χ3v) is 6.41. The molecule has 1 saturated heterocycles. The van der Waals surface area contributed by atoms with Crippen molar-refractivity contribution < 1.29 is 14.3 Å². The third kappa shape index (κ3) is 3.90. The first-order valence-electron chi connectivity index (χ1n) is 10.8. The quantitative estimate of drug-likeness (QED) is 0.799. The topological polar surface area (TPSA) is 65.7 Å². The summed E-state index contributed by atoms with van der Waals surface area (Å²) < 4.78 is 5.92. The van der Waals surface area contributed by atoms with Crippen molar-refractivity contribution in [3.8, 4) is 5.75 Å². The van der Waals surface area contributed by atoms with Crippen LogP contribution >= 0.6 is 0 Å². The van der Waals surface area contributed by atoms with Crippen LogP contribution in [0.4, 0.5) is 0 Å². The van der Waals surface area contributed by atoms with Crippen LogP contribution in [-0.4, -0.2) is 35.0 Å². The number of likely N-dealkylation sites (tertiary alicyclic amines) is 1. The number of fused-ring (bicyclic) bond motifs is 1. The van der Waals surface area contributed by atoms with Crippen LogP contribution in [0, 0.1) is 12.8 Å². The molecule has 2 heterocycles. The molecule has 0 bridgehead atoms. The van der Waals surface area contributed by atoms with Gasteiger partial charge in [0.1, 0.15) is 17.1 Å². The fourth-order valence-electron chi connectivity index (χ4n) is 4.96. The van der Waals surface area contributed by atoms with Gasteiger partial charge >= 0.3 is 0 Å². The summed E-state index contributed by atoms with van der Waals surface area (Å²) in [6.07, 6.45) is 8.13. The van der Waals surface area contributed by atoms with Crippen LogP contribution in [0.5, 0.6) is 5.75 Å². The van der Waals surface area contributed by atoms with Crippen LogP contribution in [0.1, 0.15) is 73.6 Å². The zero-order chi connectivity index (χ0) is 19.7. The molecule has 1 atom stereocenters. The second kappa shape index (κ2) is 8.16. The van der Waals surface area contributed by atoms with Gasteiger partial charge < -0.3 is 14.8 Å². The molecule has 4 rings (SSSR count). The molecule has 2 N–H and O–H groups in total. The van der Waals surface area contributed by atoms with Crippen molar-refractivity contribution in [1.82, 2.24) is 10.2 Å². The maximum absolute atomic E-state index is 13.2. The highest BCUT2D eigenvalue weighted by atomic mass is 16.3. The fourth-order valence-corrected chi connectivity index (χ4v) is 4.96. The van der Waals surface area contributed by atoms with Gasteiger partial charge in [0.2, 0.25) is 0 Å². The number of piperidine rings is 1. The normalized spacial score (nSPS) is 21.9. The zero-order valence-corrected chi connectivity index (χ0v) is 17.1. The number of phenolic OH excluding ortho intramolecular Hbond substituents is 1. The number of nitrogens with one attached hydrogen (secondary N) is 1. The Labute approximate surface area is 167 Å². The van der Waals surface area contributed by atoms with Crippen LogP contribution in [0.25, 0.3) is 11.0 Å². The number of furan rings is 1. The number of amides is 1. The highest BCUT2D eigenvalue weighted by Gasteiger charge is 2.26. The second-order valence-electron chi connectivity index (χ2n) is 8.76. The molecule has 5 heteroatoms. The average molecular weight is 385 g/mol. The fraction of sp³-hybridized carbons (Fsp3) is 0.609. The summed E-state index contributed by atoms with van der Waals surface area (Å²) in [5.41, 5.74) is 2.10. The number of rotatable bonds is 4. The van der Waals surface area contributed by atoms with Crippen molar-refractivity contribution in [3.63, 3.8) is 0 Å². The number of benzene rings is 1. The van der Waals surface area contributed by atoms with E-state index in [1.54, 1.807) is 12.1 Å². The van der Waals surface area contributed by atoms with E-state index in [0.717, 1.165) is 36.9 Å². The monoisotopic (exact) mass is 384 g/mol. The number of hydrogen-bond acceptors (Lipinski definition) is 4. The highest BCUT2D eigenvalue weighted by Crippen LogP contribution is 2.35. The highest BCUT2D eigenvalue weighted by molar-refractivity contribution is 6.09. The van der Waals surface area contributed by atoms with Gasteiger partial charge in [0.25, 0.3) is 5.91 Å². The zero-order valence-electron chi connectivity index (χ0n) is 17.1. The first-order valence-corrected chi connectivity index (χ1v) is 10.8. The lowest BCUT2D eigenvalue weighted by Crippen LogP contribution is -2.36. The summed E-state index contributed by atoms with van der Waals surface area (Å²) >= 11 is 0. The van der Waals surface area contributed by atoms with Gasteiger partial charge in [0.05, 0.1) is 5.56 Å². The van der Waals surface area contributed by atoms with Crippen LogP contribution in [0.3, 0.4) is 0 Å². The molecule has 152 valence electrons. The molecule has 2 aliphatic rings. The SMILES string of the molecule is Cc1oc2ccc(O)c(CN3CCCC(C)C3)c2c1C(=O)NC1CCCCC1. The van der Waals surface area contributed by atoms with Gasteiger partial charge in [-0.2, -0.15) is 0 Å². The van der Waals surface area contributed by atoms with Gasteiger partial charge in [-0.05, 0) is 57.2 Å². The van der Waals surface area contributed by atoms with E-state index < -0.39 is 0 Å². The van der Waals surface area contributed by atoms with Gasteiger partial charge in [-0.3, -0.25) is 9.69 Å². The number of aryl methyl sites for hydroxylation is 1. The van der Waals surface area contributed by atoms with Crippen LogP contribution in [-0.2, 0) is 6.54 Å². The number of carbonyl (C=O) groups excluding carboxylic acids is 1. The van der Waals surface area contributed by atoms with Crippen LogP contribution in [0.15, 0.2) is 16.5 Å². The molecule has 1 aromatic heterocycles. The lowest BCUT2D eigenvalue weighted by molar-refractivity contribution is 0.0927. The minimum atomic E-state index is -0.0676. The Morgan fingerprint density at radius 1 is 1.21 bits per heavy atom. The Morgan fingerprint density at radius 2 is 2.00 bits per heavy atom. The van der Waals surface area contributed by atoms with E-state index in [1.165, 1.54) is 32.1 Å². The van der Waals surface area contributed by atoms with E-state index >= 15 is 0 Å². The number of hydrogen-bond donors (Lipinski definition) is 2. The van der Waals surface area contributed by atoms with Crippen LogP contribution in [0.2, 0.25) is 0 Å². The maximum Gasteiger partial charge on any atom is 0.255 e. The molecular formula is C23H32N2O3. The standard InChI is InChI=1S/C23H32N2O3/c1-15-7-6-12-25(13-15)14-18-19(26)10-11-20-22(18)21(16(2)28-20)23(27)24-17-8-4-3-5-9-17/h10-11,15,17,26H,3-9,12-14H2,1-2H3,(H,24,27). The molecule has 1 aromatic carbocycles. The first-order chi connectivity index (χ1) is 13.5. The lowest BCUT2D eigenvalue weighted by Gasteiger charge is -2.31. The molecule has 1 unspecified atom stereocenters. The summed E-state index contributed by atoms with van der Waals surface area (Å²) in [5.74, 6) is 1.47. The van der Waals surface area contributed by atoms with Gasteiger partial charge in [-0.15, -0.1) is 0 Å². The van der Waals surface area contributed by atoms with Gasteiger partial charge in [0, 0.05) is 30.1 Å². The van der Waals surface area contributed by atoms with E-state index in [1.807, 2.05) is 6.92 Å². The van der Waals surface area contributed by atoms with Crippen molar-refractivity contribution >= 4 is 16.9 Å². The number of aromatic hydroxyl groups is 1. The van der Waals surface area contributed by atoms with E-state index in [-0.39, 0.29) is 17.7 Å². The van der Waals surface area contributed by atoms with E-state index in [9.17, 15) is 9.90 Å². The number of nitrogens with zero attached hydrogens (tertiary/aromatic N) is 1. The molecular weight excluding hydrogens is 352 g/mol. The van der Waals surface area contributed by atoms with E-state index in [2.05, 4.69) is 17.1 Å². The number of carbonyl (C=O) groups is 1. The van der Waals surface area contributed by atoms with Crippen molar-refractivity contribution in [2.45, 2.75) is 71.4 Å². The molecule has 2 fully saturated rings. The largest absolute Gasteiger partial charge is 0.508 e. The van der Waals surface area contributed by atoms with Crippen molar-refractivity contribution in [2.24, 2.45) is 5.92 Å². The minimum absolute atomic E-state index is 0.0676. The van der Waals surface area contributed by atoms with Gasteiger partial charge in [0.15, 0.2) is 0 Å². The molecule has 1 aliphatic carbocycles. The Balaban J connectivity index is 1.67. The smallest absolute Gasteiger partial charge is 0.255 e. The first kappa shape index (κ1) is 19.3.